The SMILES string of the molecule is CC(C)OC(=O)C(C#N)=Cc1cnn(CCCl)c1. The van der Waals surface area contributed by atoms with E-state index in [1.165, 1.54) is 6.08 Å². The van der Waals surface area contributed by atoms with E-state index in [1.54, 1.807) is 30.9 Å². The summed E-state index contributed by atoms with van der Waals surface area (Å²) in [5.74, 6) is -0.177. The number of halogens is 1. The minimum absolute atomic E-state index is 0.0471. The van der Waals surface area contributed by atoms with E-state index < -0.39 is 5.97 Å². The number of carbonyl (C=O) groups is 1. The van der Waals surface area contributed by atoms with Crippen LogP contribution in [0.1, 0.15) is 19.4 Å². The molecule has 1 aromatic heterocycles. The molecule has 0 bridgehead atoms. The van der Waals surface area contributed by atoms with E-state index in [4.69, 9.17) is 21.6 Å². The minimum Gasteiger partial charge on any atom is -0.459 e. The number of carbonyl (C=O) groups excluding carboxylic acids is 1. The van der Waals surface area contributed by atoms with Crippen LogP contribution in [0, 0.1) is 11.3 Å². The zero-order valence-electron chi connectivity index (χ0n) is 10.3. The molecule has 0 saturated heterocycles. The van der Waals surface area contributed by atoms with Crippen molar-refractivity contribution in [2.75, 3.05) is 5.88 Å². The second-order valence-electron chi connectivity index (χ2n) is 3.85. The van der Waals surface area contributed by atoms with Gasteiger partial charge in [-0.05, 0) is 19.9 Å². The van der Waals surface area contributed by atoms with Gasteiger partial charge in [0.2, 0.25) is 0 Å². The lowest BCUT2D eigenvalue weighted by Crippen LogP contribution is -2.12. The van der Waals surface area contributed by atoms with Gasteiger partial charge in [-0.15, -0.1) is 11.6 Å². The summed E-state index contributed by atoms with van der Waals surface area (Å²) in [6, 6.07) is 1.82. The average molecular weight is 268 g/mol. The normalized spacial score (nSPS) is 11.4. The number of hydrogen-bond acceptors (Lipinski definition) is 4. The van der Waals surface area contributed by atoms with Crippen LogP contribution in [0.15, 0.2) is 18.0 Å². The summed E-state index contributed by atoms with van der Waals surface area (Å²) >= 11 is 5.58. The van der Waals surface area contributed by atoms with Crippen molar-refractivity contribution in [3.63, 3.8) is 0 Å². The fourth-order valence-electron chi connectivity index (χ4n) is 1.24. The molecule has 18 heavy (non-hydrogen) atoms. The number of alkyl halides is 1. The molecule has 0 fully saturated rings. The number of rotatable bonds is 5. The molecular formula is C12H14ClN3O2. The van der Waals surface area contributed by atoms with E-state index in [1.807, 2.05) is 6.07 Å². The Morgan fingerprint density at radius 3 is 3.00 bits per heavy atom. The lowest BCUT2D eigenvalue weighted by molar-refractivity contribution is -0.142. The minimum atomic E-state index is -0.627. The predicted molar refractivity (Wildman–Crippen MR) is 67.8 cm³/mol. The van der Waals surface area contributed by atoms with Crippen LogP contribution in [0.4, 0.5) is 0 Å². The zero-order chi connectivity index (χ0) is 13.5. The monoisotopic (exact) mass is 267 g/mol. The number of nitriles is 1. The maximum atomic E-state index is 11.6. The average Bonchev–Trinajstić information content (AvgIpc) is 2.73. The molecule has 1 aromatic rings. The van der Waals surface area contributed by atoms with E-state index in [2.05, 4.69) is 5.10 Å². The Morgan fingerprint density at radius 2 is 2.44 bits per heavy atom. The van der Waals surface area contributed by atoms with Crippen LogP contribution in [0.25, 0.3) is 6.08 Å². The van der Waals surface area contributed by atoms with Gasteiger partial charge in [0.05, 0.1) is 18.8 Å². The first kappa shape index (κ1) is 14.3. The molecule has 5 nitrogen and oxygen atoms in total. The van der Waals surface area contributed by atoms with Crippen molar-refractivity contribution in [3.05, 3.63) is 23.5 Å². The van der Waals surface area contributed by atoms with Crippen molar-refractivity contribution in [1.82, 2.24) is 9.78 Å². The fourth-order valence-corrected chi connectivity index (χ4v) is 1.42. The van der Waals surface area contributed by atoms with Crippen LogP contribution in [0.3, 0.4) is 0 Å². The van der Waals surface area contributed by atoms with Gasteiger partial charge in [0, 0.05) is 17.6 Å². The van der Waals surface area contributed by atoms with E-state index in [-0.39, 0.29) is 11.7 Å². The first-order valence-electron chi connectivity index (χ1n) is 5.48. The number of aryl methyl sites for hydroxylation is 1. The molecule has 0 aliphatic heterocycles. The molecule has 0 unspecified atom stereocenters. The van der Waals surface area contributed by atoms with Crippen LogP contribution >= 0.6 is 11.6 Å². The maximum absolute atomic E-state index is 11.6. The molecule has 0 amide bonds. The Bertz CT molecular complexity index is 486. The smallest absolute Gasteiger partial charge is 0.349 e. The van der Waals surface area contributed by atoms with Gasteiger partial charge in [-0.3, -0.25) is 4.68 Å². The molecule has 0 aliphatic rings. The highest BCUT2D eigenvalue weighted by Gasteiger charge is 2.12. The van der Waals surface area contributed by atoms with Crippen molar-refractivity contribution in [3.8, 4) is 6.07 Å². The predicted octanol–water partition coefficient (Wildman–Crippen LogP) is 1.98. The van der Waals surface area contributed by atoms with E-state index in [9.17, 15) is 4.79 Å². The van der Waals surface area contributed by atoms with Gasteiger partial charge < -0.3 is 4.74 Å². The standard InChI is InChI=1S/C12H14ClN3O2/c1-9(2)18-12(17)11(6-14)5-10-7-15-16(8-10)4-3-13/h5,7-9H,3-4H2,1-2H3. The Labute approximate surface area is 111 Å². The number of aromatic nitrogens is 2. The summed E-state index contributed by atoms with van der Waals surface area (Å²) in [4.78, 5) is 11.6. The third-order valence-electron chi connectivity index (χ3n) is 1.96. The number of hydrogen-bond donors (Lipinski definition) is 0. The highest BCUT2D eigenvalue weighted by Crippen LogP contribution is 2.08. The van der Waals surface area contributed by atoms with E-state index in [0.717, 1.165) is 0 Å². The first-order valence-corrected chi connectivity index (χ1v) is 6.01. The third kappa shape index (κ3) is 4.22. The van der Waals surface area contributed by atoms with Crippen LogP contribution in [-0.2, 0) is 16.1 Å². The van der Waals surface area contributed by atoms with Gasteiger partial charge in [-0.2, -0.15) is 10.4 Å². The number of nitrogens with zero attached hydrogens (tertiary/aromatic N) is 3. The molecule has 1 heterocycles. The molecule has 96 valence electrons. The number of ether oxygens (including phenoxy) is 1. The zero-order valence-corrected chi connectivity index (χ0v) is 11.0. The highest BCUT2D eigenvalue weighted by molar-refractivity contribution is 6.17. The number of esters is 1. The van der Waals surface area contributed by atoms with Crippen molar-refractivity contribution >= 4 is 23.6 Å². The summed E-state index contributed by atoms with van der Waals surface area (Å²) in [5.41, 5.74) is 0.617. The Balaban J connectivity index is 2.83. The molecule has 0 radical (unpaired) electrons. The lowest BCUT2D eigenvalue weighted by atomic mass is 10.2. The fraction of sp³-hybridized carbons (Fsp3) is 0.417. The molecule has 1 rings (SSSR count). The Hall–Kier alpha value is -1.80. The molecule has 0 atom stereocenters. The van der Waals surface area contributed by atoms with Crippen LogP contribution in [0.2, 0.25) is 0 Å². The summed E-state index contributed by atoms with van der Waals surface area (Å²) < 4.78 is 6.59. The molecule has 0 N–H and O–H groups in total. The lowest BCUT2D eigenvalue weighted by Gasteiger charge is -2.05. The van der Waals surface area contributed by atoms with Crippen LogP contribution in [-0.4, -0.2) is 27.7 Å². The van der Waals surface area contributed by atoms with Gasteiger partial charge in [-0.25, -0.2) is 4.79 Å². The molecule has 0 aromatic carbocycles. The Morgan fingerprint density at radius 1 is 1.72 bits per heavy atom. The quantitative estimate of drug-likeness (QED) is 0.354. The van der Waals surface area contributed by atoms with E-state index >= 15 is 0 Å². The Kier molecular flexibility index (Phi) is 5.40. The summed E-state index contributed by atoms with van der Waals surface area (Å²) in [5, 5.41) is 13.0. The molecular weight excluding hydrogens is 254 g/mol. The second kappa shape index (κ2) is 6.82. The van der Waals surface area contributed by atoms with Gasteiger partial charge in [0.25, 0.3) is 0 Å². The van der Waals surface area contributed by atoms with Gasteiger partial charge >= 0.3 is 5.97 Å². The maximum Gasteiger partial charge on any atom is 0.349 e. The largest absolute Gasteiger partial charge is 0.459 e. The highest BCUT2D eigenvalue weighted by atomic mass is 35.5. The van der Waals surface area contributed by atoms with Gasteiger partial charge in [0.15, 0.2) is 0 Å². The van der Waals surface area contributed by atoms with Crippen molar-refractivity contribution < 1.29 is 9.53 Å². The molecule has 0 saturated carbocycles. The molecule has 0 aliphatic carbocycles. The summed E-state index contributed by atoms with van der Waals surface area (Å²) in [7, 11) is 0. The van der Waals surface area contributed by atoms with Crippen molar-refractivity contribution in [2.24, 2.45) is 0 Å². The second-order valence-corrected chi connectivity index (χ2v) is 4.23. The van der Waals surface area contributed by atoms with Gasteiger partial charge in [0.1, 0.15) is 11.6 Å². The molecule has 0 spiro atoms. The third-order valence-corrected chi connectivity index (χ3v) is 2.13. The van der Waals surface area contributed by atoms with Crippen molar-refractivity contribution in [1.29, 1.82) is 5.26 Å². The van der Waals surface area contributed by atoms with Crippen molar-refractivity contribution in [2.45, 2.75) is 26.5 Å². The molecule has 6 heteroatoms. The van der Waals surface area contributed by atoms with E-state index in [0.29, 0.717) is 18.0 Å². The topological polar surface area (TPSA) is 67.9 Å². The van der Waals surface area contributed by atoms with Crippen LogP contribution in [0.5, 0.6) is 0 Å². The van der Waals surface area contributed by atoms with Crippen LogP contribution < -0.4 is 0 Å². The summed E-state index contributed by atoms with van der Waals surface area (Å²) in [6.45, 7) is 4.03. The van der Waals surface area contributed by atoms with Gasteiger partial charge in [-0.1, -0.05) is 0 Å². The summed E-state index contributed by atoms with van der Waals surface area (Å²) in [6.07, 6.45) is 4.46. The first-order chi connectivity index (χ1) is 8.56.